The van der Waals surface area contributed by atoms with E-state index in [-0.39, 0.29) is 37.6 Å². The number of carboxylic acids is 1. The predicted octanol–water partition coefficient (Wildman–Crippen LogP) is 5.88. The molecule has 9 heteroatoms. The van der Waals surface area contributed by atoms with Crippen molar-refractivity contribution in [2.75, 3.05) is 6.54 Å². The summed E-state index contributed by atoms with van der Waals surface area (Å²) < 4.78 is 45.2. The Hall–Kier alpha value is -3.36. The van der Waals surface area contributed by atoms with Crippen molar-refractivity contribution in [3.05, 3.63) is 94.0 Å². The second-order valence-corrected chi connectivity index (χ2v) is 8.23. The van der Waals surface area contributed by atoms with E-state index in [1.54, 1.807) is 12.1 Å². The van der Waals surface area contributed by atoms with E-state index in [0.29, 0.717) is 22.3 Å². The van der Waals surface area contributed by atoms with Gasteiger partial charge in [-0.1, -0.05) is 54.1 Å². The molecule has 0 aromatic heterocycles. The van der Waals surface area contributed by atoms with Gasteiger partial charge in [-0.25, -0.2) is 0 Å². The number of carbonyl (C=O) groups is 2. The van der Waals surface area contributed by atoms with Crippen molar-refractivity contribution >= 4 is 23.5 Å². The normalized spacial score (nSPS) is 11.3. The number of benzene rings is 3. The van der Waals surface area contributed by atoms with E-state index in [1.165, 1.54) is 12.1 Å². The van der Waals surface area contributed by atoms with Gasteiger partial charge < -0.3 is 15.2 Å². The monoisotopic (exact) mass is 505 g/mol. The molecule has 0 bridgehead atoms. The number of hydrogen-bond acceptors (Lipinski definition) is 4. The van der Waals surface area contributed by atoms with E-state index in [1.807, 2.05) is 30.3 Å². The van der Waals surface area contributed by atoms with Gasteiger partial charge >= 0.3 is 18.1 Å². The number of nitrogens with one attached hydrogen (secondary N) is 1. The number of esters is 1. The van der Waals surface area contributed by atoms with E-state index >= 15 is 0 Å². The number of rotatable bonds is 10. The van der Waals surface area contributed by atoms with E-state index in [0.717, 1.165) is 17.7 Å². The standard InChI is InChI=1S/C26H23ClF3NO4/c27-23-9-6-18(12-19(23)14-24(32)33)22-8-7-21(26(28,29)30)13-20(22)15-31-11-10-25(34)35-16-17-4-2-1-3-5-17/h1-9,12-13,31H,10-11,14-16H2,(H,32,33). The number of halogens is 4. The Morgan fingerprint density at radius 3 is 2.40 bits per heavy atom. The van der Waals surface area contributed by atoms with E-state index in [4.69, 9.17) is 21.4 Å². The molecule has 0 aliphatic rings. The molecular weight excluding hydrogens is 483 g/mol. The Morgan fingerprint density at radius 1 is 0.971 bits per heavy atom. The first kappa shape index (κ1) is 26.2. The van der Waals surface area contributed by atoms with Crippen LogP contribution in [-0.2, 0) is 40.1 Å². The van der Waals surface area contributed by atoms with Crippen LogP contribution in [0.5, 0.6) is 0 Å². The van der Waals surface area contributed by atoms with Gasteiger partial charge in [0.15, 0.2) is 0 Å². The molecule has 3 aromatic rings. The third-order valence-corrected chi connectivity index (χ3v) is 5.56. The van der Waals surface area contributed by atoms with Gasteiger partial charge in [0.2, 0.25) is 0 Å². The number of aliphatic carboxylic acids is 1. The lowest BCUT2D eigenvalue weighted by Gasteiger charge is -2.16. The minimum Gasteiger partial charge on any atom is -0.481 e. The average Bonchev–Trinajstić information content (AvgIpc) is 2.81. The third kappa shape index (κ3) is 7.83. The lowest BCUT2D eigenvalue weighted by atomic mass is 9.95. The first-order valence-corrected chi connectivity index (χ1v) is 11.1. The van der Waals surface area contributed by atoms with Crippen LogP contribution < -0.4 is 5.32 Å². The van der Waals surface area contributed by atoms with E-state index in [9.17, 15) is 22.8 Å². The number of carbonyl (C=O) groups excluding carboxylic acids is 1. The highest BCUT2D eigenvalue weighted by Crippen LogP contribution is 2.34. The maximum absolute atomic E-state index is 13.3. The molecular formula is C26H23ClF3NO4. The minimum atomic E-state index is -4.52. The highest BCUT2D eigenvalue weighted by Gasteiger charge is 2.31. The highest BCUT2D eigenvalue weighted by molar-refractivity contribution is 6.31. The summed E-state index contributed by atoms with van der Waals surface area (Å²) in [6, 6.07) is 17.3. The molecule has 0 unspecified atom stereocenters. The van der Waals surface area contributed by atoms with Crippen molar-refractivity contribution in [3.63, 3.8) is 0 Å². The lowest BCUT2D eigenvalue weighted by Crippen LogP contribution is -2.20. The highest BCUT2D eigenvalue weighted by atomic mass is 35.5. The molecule has 0 spiro atoms. The van der Waals surface area contributed by atoms with Crippen molar-refractivity contribution in [3.8, 4) is 11.1 Å². The molecule has 0 fully saturated rings. The fraction of sp³-hybridized carbons (Fsp3) is 0.231. The second-order valence-electron chi connectivity index (χ2n) is 7.82. The predicted molar refractivity (Wildman–Crippen MR) is 126 cm³/mol. The number of ether oxygens (including phenoxy) is 1. The molecule has 0 aliphatic carbocycles. The first-order chi connectivity index (χ1) is 16.6. The fourth-order valence-corrected chi connectivity index (χ4v) is 3.65. The number of hydrogen-bond donors (Lipinski definition) is 2. The summed E-state index contributed by atoms with van der Waals surface area (Å²) >= 11 is 6.08. The molecule has 0 saturated heterocycles. The molecule has 3 aromatic carbocycles. The Kier molecular flexibility index (Phi) is 8.89. The summed E-state index contributed by atoms with van der Waals surface area (Å²) in [5, 5.41) is 12.3. The summed E-state index contributed by atoms with van der Waals surface area (Å²) in [5.74, 6) is -1.50. The van der Waals surface area contributed by atoms with Gasteiger partial charge in [-0.05, 0) is 52.1 Å². The van der Waals surface area contributed by atoms with Crippen molar-refractivity contribution in [1.82, 2.24) is 5.32 Å². The molecule has 0 amide bonds. The van der Waals surface area contributed by atoms with Crippen molar-refractivity contribution in [2.45, 2.75) is 32.2 Å². The van der Waals surface area contributed by atoms with Crippen LogP contribution in [0.3, 0.4) is 0 Å². The first-order valence-electron chi connectivity index (χ1n) is 10.7. The maximum Gasteiger partial charge on any atom is 0.416 e. The van der Waals surface area contributed by atoms with Crippen molar-refractivity contribution in [1.29, 1.82) is 0 Å². The zero-order valence-corrected chi connectivity index (χ0v) is 19.3. The molecule has 184 valence electrons. The van der Waals surface area contributed by atoms with Crippen LogP contribution in [0.1, 0.15) is 28.7 Å². The molecule has 2 N–H and O–H groups in total. The smallest absolute Gasteiger partial charge is 0.416 e. The van der Waals surface area contributed by atoms with Gasteiger partial charge in [0.25, 0.3) is 0 Å². The zero-order valence-electron chi connectivity index (χ0n) is 18.6. The summed E-state index contributed by atoms with van der Waals surface area (Å²) in [6.45, 7) is 0.406. The topological polar surface area (TPSA) is 75.6 Å². The maximum atomic E-state index is 13.3. The Labute approximate surface area is 205 Å². The minimum absolute atomic E-state index is 0.0465. The van der Waals surface area contributed by atoms with Gasteiger partial charge in [0.1, 0.15) is 6.61 Å². The van der Waals surface area contributed by atoms with Gasteiger partial charge in [0, 0.05) is 18.1 Å². The second kappa shape index (κ2) is 11.9. The fourth-order valence-electron chi connectivity index (χ4n) is 3.46. The van der Waals surface area contributed by atoms with Gasteiger partial charge in [-0.15, -0.1) is 0 Å². The summed E-state index contributed by atoms with van der Waals surface area (Å²) in [5.41, 5.74) is 1.80. The Morgan fingerprint density at radius 2 is 1.71 bits per heavy atom. The molecule has 0 heterocycles. The Balaban J connectivity index is 1.70. The summed E-state index contributed by atoms with van der Waals surface area (Å²) in [7, 11) is 0. The lowest BCUT2D eigenvalue weighted by molar-refractivity contribution is -0.145. The summed E-state index contributed by atoms with van der Waals surface area (Å²) in [4.78, 5) is 23.1. The molecule has 3 rings (SSSR count). The van der Waals surface area contributed by atoms with Crippen LogP contribution in [0.15, 0.2) is 66.7 Å². The molecule has 0 atom stereocenters. The average molecular weight is 506 g/mol. The van der Waals surface area contributed by atoms with Crippen LogP contribution in [0, 0.1) is 0 Å². The van der Waals surface area contributed by atoms with Crippen LogP contribution in [0.2, 0.25) is 5.02 Å². The molecule has 0 saturated carbocycles. The molecule has 35 heavy (non-hydrogen) atoms. The number of carboxylic acid groups (broad SMARTS) is 1. The van der Waals surface area contributed by atoms with E-state index in [2.05, 4.69) is 5.32 Å². The molecule has 0 radical (unpaired) electrons. The van der Waals surface area contributed by atoms with Crippen LogP contribution >= 0.6 is 11.6 Å². The van der Waals surface area contributed by atoms with Crippen LogP contribution in [0.4, 0.5) is 13.2 Å². The number of alkyl halides is 3. The van der Waals surface area contributed by atoms with E-state index < -0.39 is 23.7 Å². The van der Waals surface area contributed by atoms with Gasteiger partial charge in [-0.3, -0.25) is 9.59 Å². The Bertz CT molecular complexity index is 1180. The van der Waals surface area contributed by atoms with Gasteiger partial charge in [-0.2, -0.15) is 13.2 Å². The largest absolute Gasteiger partial charge is 0.481 e. The zero-order chi connectivity index (χ0) is 25.4. The third-order valence-electron chi connectivity index (χ3n) is 5.19. The molecule has 5 nitrogen and oxygen atoms in total. The van der Waals surface area contributed by atoms with Crippen molar-refractivity contribution < 1.29 is 32.6 Å². The van der Waals surface area contributed by atoms with Crippen molar-refractivity contribution in [2.24, 2.45) is 0 Å². The molecule has 0 aliphatic heterocycles. The summed E-state index contributed by atoms with van der Waals surface area (Å²) in [6.07, 6.45) is -4.79. The van der Waals surface area contributed by atoms with Crippen LogP contribution in [0.25, 0.3) is 11.1 Å². The van der Waals surface area contributed by atoms with Gasteiger partial charge in [0.05, 0.1) is 18.4 Å². The van der Waals surface area contributed by atoms with Crippen LogP contribution in [-0.4, -0.2) is 23.6 Å². The SMILES string of the molecule is O=C(O)Cc1cc(-c2ccc(C(F)(F)F)cc2CNCCC(=O)OCc2ccccc2)ccc1Cl. The quantitative estimate of drug-likeness (QED) is 0.266.